The summed E-state index contributed by atoms with van der Waals surface area (Å²) in [5.74, 6) is 0.162. The number of hydrogen-bond acceptors (Lipinski definition) is 3. The van der Waals surface area contributed by atoms with Crippen LogP contribution in [0.2, 0.25) is 0 Å². The van der Waals surface area contributed by atoms with E-state index in [4.69, 9.17) is 0 Å². The molecule has 0 N–H and O–H groups in total. The number of nitrogens with zero attached hydrogens (tertiary/aromatic N) is 1. The van der Waals surface area contributed by atoms with E-state index in [0.717, 1.165) is 6.42 Å². The number of benzene rings is 1. The quantitative estimate of drug-likeness (QED) is 0.849. The van der Waals surface area contributed by atoms with Crippen molar-refractivity contribution in [2.24, 2.45) is 0 Å². The standard InChI is InChI=1S/C15H19NO2S/c1-3-14(12-7-5-4-6-8-12)16-10-13(9-15(16)18)19-11(2)17/h4-8,13-14H,3,9-10H2,1-2H3. The third-order valence-electron chi connectivity index (χ3n) is 3.40. The van der Waals surface area contributed by atoms with Crippen LogP contribution in [0.5, 0.6) is 0 Å². The molecule has 0 spiro atoms. The summed E-state index contributed by atoms with van der Waals surface area (Å²) in [5.41, 5.74) is 1.17. The van der Waals surface area contributed by atoms with Gasteiger partial charge >= 0.3 is 0 Å². The molecule has 19 heavy (non-hydrogen) atoms. The van der Waals surface area contributed by atoms with Crippen molar-refractivity contribution in [3.63, 3.8) is 0 Å². The van der Waals surface area contributed by atoms with Gasteiger partial charge in [-0.1, -0.05) is 49.0 Å². The number of carbonyl (C=O) groups is 2. The lowest BCUT2D eigenvalue weighted by molar-refractivity contribution is -0.129. The molecule has 0 radical (unpaired) electrons. The molecule has 1 aliphatic rings. The number of thioether (sulfide) groups is 1. The molecule has 1 fully saturated rings. The van der Waals surface area contributed by atoms with Crippen LogP contribution in [0, 0.1) is 0 Å². The van der Waals surface area contributed by atoms with E-state index in [0.29, 0.717) is 13.0 Å². The Morgan fingerprint density at radius 2 is 2.11 bits per heavy atom. The predicted octanol–water partition coefficient (Wildman–Crippen LogP) is 3.02. The maximum absolute atomic E-state index is 12.1. The maximum atomic E-state index is 12.1. The van der Waals surface area contributed by atoms with Crippen molar-refractivity contribution < 1.29 is 9.59 Å². The first-order valence-electron chi connectivity index (χ1n) is 6.63. The van der Waals surface area contributed by atoms with Crippen molar-refractivity contribution in [1.82, 2.24) is 4.90 Å². The van der Waals surface area contributed by atoms with Crippen molar-refractivity contribution in [3.8, 4) is 0 Å². The Balaban J connectivity index is 2.12. The summed E-state index contributed by atoms with van der Waals surface area (Å²) in [6, 6.07) is 10.2. The molecule has 3 nitrogen and oxygen atoms in total. The number of likely N-dealkylation sites (tertiary alicyclic amines) is 1. The zero-order valence-corrected chi connectivity index (χ0v) is 12.2. The first kappa shape index (κ1) is 14.1. The highest BCUT2D eigenvalue weighted by molar-refractivity contribution is 8.14. The van der Waals surface area contributed by atoms with Gasteiger partial charge in [-0.3, -0.25) is 9.59 Å². The molecular weight excluding hydrogens is 258 g/mol. The lowest BCUT2D eigenvalue weighted by Crippen LogP contribution is -2.30. The van der Waals surface area contributed by atoms with Crippen LogP contribution in [-0.4, -0.2) is 27.7 Å². The van der Waals surface area contributed by atoms with E-state index in [-0.39, 0.29) is 22.3 Å². The van der Waals surface area contributed by atoms with Gasteiger partial charge in [0, 0.05) is 25.1 Å². The van der Waals surface area contributed by atoms with Gasteiger partial charge < -0.3 is 4.90 Å². The van der Waals surface area contributed by atoms with Gasteiger partial charge in [0.2, 0.25) is 5.91 Å². The summed E-state index contributed by atoms with van der Waals surface area (Å²) in [6.45, 7) is 4.33. The van der Waals surface area contributed by atoms with Crippen LogP contribution in [0.4, 0.5) is 0 Å². The minimum Gasteiger partial charge on any atom is -0.334 e. The van der Waals surface area contributed by atoms with Crippen molar-refractivity contribution >= 4 is 22.8 Å². The van der Waals surface area contributed by atoms with Crippen LogP contribution in [0.15, 0.2) is 30.3 Å². The Bertz CT molecular complexity index is 460. The lowest BCUT2D eigenvalue weighted by atomic mass is 10.0. The Morgan fingerprint density at radius 3 is 2.68 bits per heavy atom. The number of carbonyl (C=O) groups excluding carboxylic acids is 2. The van der Waals surface area contributed by atoms with Crippen molar-refractivity contribution in [2.45, 2.75) is 38.0 Å². The van der Waals surface area contributed by atoms with Crippen molar-refractivity contribution in [3.05, 3.63) is 35.9 Å². The molecule has 1 aromatic rings. The maximum Gasteiger partial charge on any atom is 0.224 e. The summed E-state index contributed by atoms with van der Waals surface area (Å²) >= 11 is 1.29. The zero-order valence-electron chi connectivity index (χ0n) is 11.3. The fourth-order valence-electron chi connectivity index (χ4n) is 2.62. The van der Waals surface area contributed by atoms with Gasteiger partial charge in [-0.2, -0.15) is 0 Å². The fraction of sp³-hybridized carbons (Fsp3) is 0.467. The average molecular weight is 277 g/mol. The van der Waals surface area contributed by atoms with E-state index in [1.807, 2.05) is 23.1 Å². The third kappa shape index (κ3) is 3.38. The Kier molecular flexibility index (Phi) is 4.64. The second kappa shape index (κ2) is 6.24. The van der Waals surface area contributed by atoms with Crippen LogP contribution in [0.25, 0.3) is 0 Å². The van der Waals surface area contributed by atoms with Gasteiger partial charge in [0.25, 0.3) is 0 Å². The summed E-state index contributed by atoms with van der Waals surface area (Å²) in [4.78, 5) is 25.2. The predicted molar refractivity (Wildman–Crippen MR) is 77.9 cm³/mol. The van der Waals surface area contributed by atoms with E-state index < -0.39 is 0 Å². The second-order valence-electron chi connectivity index (χ2n) is 4.82. The number of hydrogen-bond donors (Lipinski definition) is 0. The van der Waals surface area contributed by atoms with E-state index >= 15 is 0 Å². The van der Waals surface area contributed by atoms with Crippen LogP contribution in [-0.2, 0) is 9.59 Å². The van der Waals surface area contributed by atoms with Gasteiger partial charge in [-0.25, -0.2) is 0 Å². The number of rotatable bonds is 4. The second-order valence-corrected chi connectivity index (χ2v) is 6.29. The first-order chi connectivity index (χ1) is 9.11. The molecule has 1 aromatic carbocycles. The van der Waals surface area contributed by atoms with Crippen molar-refractivity contribution in [2.75, 3.05) is 6.54 Å². The Hall–Kier alpha value is -1.29. The SMILES string of the molecule is CCC(c1ccccc1)N1CC(SC(C)=O)CC1=O. The third-order valence-corrected chi connectivity index (χ3v) is 4.38. The molecule has 1 heterocycles. The highest BCUT2D eigenvalue weighted by Gasteiger charge is 2.35. The van der Waals surface area contributed by atoms with Gasteiger partial charge in [0.05, 0.1) is 6.04 Å². The van der Waals surface area contributed by atoms with E-state index in [1.165, 1.54) is 17.3 Å². The molecule has 0 saturated carbocycles. The highest BCUT2D eigenvalue weighted by atomic mass is 32.2. The summed E-state index contributed by atoms with van der Waals surface area (Å²) in [5, 5.41) is 0.204. The zero-order chi connectivity index (χ0) is 13.8. The minimum atomic E-state index is 0.0902. The molecule has 1 aliphatic heterocycles. The normalized spacial score (nSPS) is 20.6. The summed E-state index contributed by atoms with van der Waals surface area (Å²) in [6.07, 6.45) is 1.38. The molecule has 102 valence electrons. The van der Waals surface area contributed by atoms with Crippen molar-refractivity contribution in [1.29, 1.82) is 0 Å². The molecule has 1 saturated heterocycles. The van der Waals surface area contributed by atoms with Crippen LogP contribution >= 0.6 is 11.8 Å². The lowest BCUT2D eigenvalue weighted by Gasteiger charge is -2.27. The number of amides is 1. The fourth-order valence-corrected chi connectivity index (χ4v) is 3.55. The van der Waals surface area contributed by atoms with Gasteiger partial charge in [0.1, 0.15) is 0 Å². The van der Waals surface area contributed by atoms with E-state index in [2.05, 4.69) is 19.1 Å². The van der Waals surface area contributed by atoms with Crippen LogP contribution in [0.3, 0.4) is 0 Å². The Labute approximate surface area is 118 Å². The first-order valence-corrected chi connectivity index (χ1v) is 7.51. The average Bonchev–Trinajstić information content (AvgIpc) is 2.72. The molecule has 1 amide bonds. The van der Waals surface area contributed by atoms with E-state index in [1.54, 1.807) is 6.92 Å². The molecular formula is C15H19NO2S. The van der Waals surface area contributed by atoms with Gasteiger partial charge in [0.15, 0.2) is 5.12 Å². The molecule has 0 bridgehead atoms. The molecule has 2 rings (SSSR count). The smallest absolute Gasteiger partial charge is 0.224 e. The monoisotopic (exact) mass is 277 g/mol. The van der Waals surface area contributed by atoms with Crippen LogP contribution in [0.1, 0.15) is 38.3 Å². The molecule has 4 heteroatoms. The van der Waals surface area contributed by atoms with Gasteiger partial charge in [-0.15, -0.1) is 0 Å². The molecule has 0 aliphatic carbocycles. The van der Waals surface area contributed by atoms with Crippen LogP contribution < -0.4 is 0 Å². The topological polar surface area (TPSA) is 37.4 Å². The Morgan fingerprint density at radius 1 is 1.42 bits per heavy atom. The summed E-state index contributed by atoms with van der Waals surface area (Å²) in [7, 11) is 0. The highest BCUT2D eigenvalue weighted by Crippen LogP contribution is 2.32. The molecule has 2 unspecified atom stereocenters. The molecule has 2 atom stereocenters. The van der Waals surface area contributed by atoms with E-state index in [9.17, 15) is 9.59 Å². The summed E-state index contributed by atoms with van der Waals surface area (Å²) < 4.78 is 0. The minimum absolute atomic E-state index is 0.0902. The largest absolute Gasteiger partial charge is 0.334 e. The van der Waals surface area contributed by atoms with Gasteiger partial charge in [-0.05, 0) is 12.0 Å². The molecule has 0 aromatic heterocycles.